The van der Waals surface area contributed by atoms with Crippen LogP contribution in [0.2, 0.25) is 0 Å². The molecule has 0 aromatic heterocycles. The molecular weight excluding hydrogens is 523 g/mol. The molecule has 2 saturated heterocycles. The van der Waals surface area contributed by atoms with Gasteiger partial charge in [0.2, 0.25) is 0 Å². The summed E-state index contributed by atoms with van der Waals surface area (Å²) in [5.41, 5.74) is 5.04. The normalized spacial score (nSPS) is 16.0. The molecule has 0 bridgehead atoms. The van der Waals surface area contributed by atoms with Crippen LogP contribution in [0.4, 0.5) is 22.7 Å². The first-order valence-corrected chi connectivity index (χ1v) is 13.6. The molecule has 0 unspecified atom stereocenters. The number of hydrogen-bond acceptors (Lipinski definition) is 4. The predicted molar refractivity (Wildman–Crippen MR) is 145 cm³/mol. The van der Waals surface area contributed by atoms with E-state index in [9.17, 15) is 0 Å². The van der Waals surface area contributed by atoms with Gasteiger partial charge in [-0.1, -0.05) is 0 Å². The van der Waals surface area contributed by atoms with Crippen LogP contribution >= 0.6 is 0 Å². The number of benzene rings is 4. The summed E-state index contributed by atoms with van der Waals surface area (Å²) in [5.74, 6) is 0. The van der Waals surface area contributed by atoms with Gasteiger partial charge in [0.15, 0.2) is 0 Å². The fourth-order valence-corrected chi connectivity index (χ4v) is 7.26. The third-order valence-corrected chi connectivity index (χ3v) is 8.71. The molecule has 0 N–H and O–H groups in total. The monoisotopic (exact) mass is 550 g/mol. The maximum absolute atomic E-state index is 2.51. The van der Waals surface area contributed by atoms with Gasteiger partial charge in [-0.05, 0) is 0 Å². The molecule has 4 nitrogen and oxygen atoms in total. The van der Waals surface area contributed by atoms with Crippen LogP contribution in [-0.4, -0.2) is 34.6 Å². The molecule has 0 atom stereocenters. The summed E-state index contributed by atoms with van der Waals surface area (Å²) >= 11 is 0.227. The van der Waals surface area contributed by atoms with Crippen LogP contribution in [0.1, 0.15) is 0 Å². The number of hydrogen-bond donors (Lipinski definition) is 0. The van der Waals surface area contributed by atoms with Gasteiger partial charge in [0.25, 0.3) is 0 Å². The van der Waals surface area contributed by atoms with Gasteiger partial charge in [-0.3, -0.25) is 0 Å². The van der Waals surface area contributed by atoms with Gasteiger partial charge in [-0.25, -0.2) is 0 Å². The summed E-state index contributed by atoms with van der Waals surface area (Å²) in [4.78, 5) is 10.1. The van der Waals surface area contributed by atoms with Gasteiger partial charge in [0, 0.05) is 0 Å². The Labute approximate surface area is 214 Å². The first kappa shape index (κ1) is 22.0. The van der Waals surface area contributed by atoms with Crippen LogP contribution in [0, 0.1) is 0 Å². The molecule has 5 heteroatoms. The van der Waals surface area contributed by atoms with Gasteiger partial charge >= 0.3 is 215 Å². The summed E-state index contributed by atoms with van der Waals surface area (Å²) in [6, 6.07) is 43.3. The molecule has 4 aromatic rings. The molecule has 0 saturated carbocycles. The topological polar surface area (TPSA) is 13.0 Å². The Morgan fingerprint density at radius 1 is 0.343 bits per heavy atom. The summed E-state index contributed by atoms with van der Waals surface area (Å²) in [6.45, 7) is 3.93. The third-order valence-electron chi connectivity index (χ3n) is 6.33. The van der Waals surface area contributed by atoms with Crippen molar-refractivity contribution in [3.8, 4) is 0 Å². The molecule has 178 valence electrons. The van der Waals surface area contributed by atoms with Crippen LogP contribution in [0.3, 0.4) is 0 Å². The van der Waals surface area contributed by atoms with Crippen molar-refractivity contribution in [3.05, 3.63) is 121 Å². The average molecular weight is 551 g/mol. The maximum atomic E-state index is 2.51. The summed E-state index contributed by atoms with van der Waals surface area (Å²) < 4.78 is 2.74. The second kappa shape index (κ2) is 10.00. The van der Waals surface area contributed by atoms with Crippen molar-refractivity contribution in [3.63, 3.8) is 0 Å². The van der Waals surface area contributed by atoms with Crippen molar-refractivity contribution < 1.29 is 17.1 Å². The van der Waals surface area contributed by atoms with Crippen LogP contribution in [0.5, 0.6) is 0 Å². The van der Waals surface area contributed by atoms with E-state index in [2.05, 4.69) is 141 Å². The second-order valence-corrected chi connectivity index (χ2v) is 10.3. The van der Waals surface area contributed by atoms with E-state index in [4.69, 9.17) is 0 Å². The molecule has 0 amide bonds. The Balaban J connectivity index is 1.56. The van der Waals surface area contributed by atoms with E-state index in [1.807, 2.05) is 0 Å². The molecule has 2 aliphatic rings. The van der Waals surface area contributed by atoms with Crippen LogP contribution < -0.4 is 19.6 Å². The first-order valence-electron chi connectivity index (χ1n) is 12.0. The fraction of sp³-hybridized carbons (Fsp3) is 0.133. The van der Waals surface area contributed by atoms with Crippen molar-refractivity contribution in [1.29, 1.82) is 0 Å². The second-order valence-electron chi connectivity index (χ2n) is 8.51. The van der Waals surface area contributed by atoms with Crippen molar-refractivity contribution in [2.75, 3.05) is 45.8 Å². The third kappa shape index (κ3) is 4.46. The van der Waals surface area contributed by atoms with Crippen molar-refractivity contribution in [1.82, 2.24) is 0 Å². The summed E-state index contributed by atoms with van der Waals surface area (Å²) in [6.07, 6.45) is 0. The Morgan fingerprint density at radius 3 is 0.800 bits per heavy atom. The SMILES string of the molecule is c1ccc(N2CCN(c3ccccc3)[C]2=[Pd]=[C]2N(c3ccccc3)CCN2c2ccccc2)cc1. The zero-order valence-electron chi connectivity index (χ0n) is 19.5. The Bertz CT molecular complexity index is 1130. The van der Waals surface area contributed by atoms with Gasteiger partial charge in [-0.15, -0.1) is 0 Å². The Morgan fingerprint density at radius 2 is 0.571 bits per heavy atom. The van der Waals surface area contributed by atoms with Gasteiger partial charge in [-0.2, -0.15) is 0 Å². The zero-order valence-corrected chi connectivity index (χ0v) is 21.0. The molecule has 2 heterocycles. The number of anilines is 4. The van der Waals surface area contributed by atoms with Gasteiger partial charge < -0.3 is 0 Å². The van der Waals surface area contributed by atoms with Crippen molar-refractivity contribution in [2.45, 2.75) is 0 Å². The van der Waals surface area contributed by atoms with Crippen LogP contribution in [0.25, 0.3) is 0 Å². The summed E-state index contributed by atoms with van der Waals surface area (Å²) in [5, 5.41) is 0. The standard InChI is InChI=1S/2C15H14N2.Pd/c2*1-3-7-14(8-4-1)16-11-12-17(13-16)15-9-5-2-6-10-15;/h2*1-10H,11-12H2;. The van der Waals surface area contributed by atoms with Crippen LogP contribution in [-0.2, 0) is 17.1 Å². The fourth-order valence-electron chi connectivity index (χ4n) is 4.61. The Kier molecular flexibility index (Phi) is 6.28. The van der Waals surface area contributed by atoms with E-state index in [-0.39, 0.29) is 17.1 Å². The molecule has 6 rings (SSSR count). The van der Waals surface area contributed by atoms with Crippen molar-refractivity contribution in [2.24, 2.45) is 0 Å². The predicted octanol–water partition coefficient (Wildman–Crippen LogP) is 5.30. The summed E-state index contributed by atoms with van der Waals surface area (Å²) in [7, 11) is 0. The van der Waals surface area contributed by atoms with Gasteiger partial charge in [0.1, 0.15) is 0 Å². The molecule has 0 spiro atoms. The van der Waals surface area contributed by atoms with E-state index >= 15 is 0 Å². The number of para-hydroxylation sites is 4. The molecule has 35 heavy (non-hydrogen) atoms. The molecule has 2 fully saturated rings. The first-order chi connectivity index (χ1) is 17.4. The van der Waals surface area contributed by atoms with E-state index in [1.165, 1.54) is 31.2 Å². The Hall–Kier alpha value is -3.52. The van der Waals surface area contributed by atoms with E-state index in [1.54, 1.807) is 0 Å². The number of rotatable bonds is 4. The van der Waals surface area contributed by atoms with E-state index in [0.29, 0.717) is 0 Å². The molecule has 0 radical (unpaired) electrons. The minimum absolute atomic E-state index is 0.227. The molecule has 4 aromatic carbocycles. The molecule has 0 aliphatic carbocycles. The van der Waals surface area contributed by atoms with Crippen molar-refractivity contribution >= 4 is 31.2 Å². The average Bonchev–Trinajstić information content (AvgIpc) is 3.55. The van der Waals surface area contributed by atoms with Gasteiger partial charge in [0.05, 0.1) is 0 Å². The van der Waals surface area contributed by atoms with E-state index in [0.717, 1.165) is 26.2 Å². The van der Waals surface area contributed by atoms with E-state index < -0.39 is 0 Å². The minimum atomic E-state index is 0.227. The molecule has 2 aliphatic heterocycles. The quantitative estimate of drug-likeness (QED) is 0.320. The molecular formula is C30H28N4Pd. The number of nitrogens with zero attached hydrogens (tertiary/aromatic N) is 4. The zero-order chi connectivity index (χ0) is 23.5. The van der Waals surface area contributed by atoms with Crippen LogP contribution in [0.15, 0.2) is 121 Å².